The second-order valence-corrected chi connectivity index (χ2v) is 2.74. The molecule has 0 unspecified atom stereocenters. The molecule has 80 valence electrons. The van der Waals surface area contributed by atoms with E-state index in [0.29, 0.717) is 0 Å². The summed E-state index contributed by atoms with van der Waals surface area (Å²) < 4.78 is 4.86. The lowest BCUT2D eigenvalue weighted by molar-refractivity contribution is -0.402. The van der Waals surface area contributed by atoms with Crippen molar-refractivity contribution in [2.45, 2.75) is 0 Å². The van der Waals surface area contributed by atoms with Crippen LogP contribution < -0.4 is 0 Å². The first-order chi connectivity index (χ1) is 7.75. The van der Waals surface area contributed by atoms with Gasteiger partial charge in [0.2, 0.25) is 5.95 Å². The van der Waals surface area contributed by atoms with Gasteiger partial charge in [0, 0.05) is 12.4 Å². The van der Waals surface area contributed by atoms with Gasteiger partial charge in [-0.25, -0.2) is 15.0 Å². The Morgan fingerprint density at radius 3 is 2.75 bits per heavy atom. The molecule has 0 spiro atoms. The standard InChI is InChI=1S/C9H6N4O3/c14-13(15)8-3-2-7(16-8)6-12-9-10-4-1-5-11-9/h1-6H/b12-6+. The van der Waals surface area contributed by atoms with Gasteiger partial charge < -0.3 is 4.42 Å². The summed E-state index contributed by atoms with van der Waals surface area (Å²) in [5.74, 6) is 0.219. The largest absolute Gasteiger partial charge is 0.433 e. The maximum atomic E-state index is 10.3. The normalized spacial score (nSPS) is 10.8. The molecule has 2 rings (SSSR count). The molecule has 0 radical (unpaired) electrons. The maximum Gasteiger partial charge on any atom is 0.433 e. The van der Waals surface area contributed by atoms with Gasteiger partial charge in [-0.05, 0) is 12.1 Å². The molecule has 0 aromatic carbocycles. The molecule has 0 amide bonds. The van der Waals surface area contributed by atoms with Crippen LogP contribution in [-0.4, -0.2) is 21.1 Å². The van der Waals surface area contributed by atoms with Crippen molar-refractivity contribution < 1.29 is 9.34 Å². The van der Waals surface area contributed by atoms with E-state index in [4.69, 9.17) is 4.42 Å². The minimum Gasteiger partial charge on any atom is -0.400 e. The summed E-state index contributed by atoms with van der Waals surface area (Å²) in [5, 5.41) is 10.3. The highest BCUT2D eigenvalue weighted by Gasteiger charge is 2.10. The number of rotatable bonds is 3. The summed E-state index contributed by atoms with van der Waals surface area (Å²) in [4.78, 5) is 21.3. The van der Waals surface area contributed by atoms with Gasteiger partial charge in [-0.1, -0.05) is 0 Å². The summed E-state index contributed by atoms with van der Waals surface area (Å²) in [6, 6.07) is 4.37. The van der Waals surface area contributed by atoms with Crippen molar-refractivity contribution in [3.05, 3.63) is 46.5 Å². The van der Waals surface area contributed by atoms with Crippen molar-refractivity contribution in [3.8, 4) is 0 Å². The first-order valence-electron chi connectivity index (χ1n) is 4.31. The Morgan fingerprint density at radius 1 is 1.38 bits per heavy atom. The highest BCUT2D eigenvalue weighted by atomic mass is 16.6. The average Bonchev–Trinajstić information content (AvgIpc) is 2.76. The van der Waals surface area contributed by atoms with Gasteiger partial charge in [0.1, 0.15) is 4.92 Å². The van der Waals surface area contributed by atoms with E-state index in [2.05, 4.69) is 15.0 Å². The number of nitro groups is 1. The first-order valence-corrected chi connectivity index (χ1v) is 4.31. The quantitative estimate of drug-likeness (QED) is 0.444. The molecular formula is C9H6N4O3. The summed E-state index contributed by atoms with van der Waals surface area (Å²) in [6.07, 6.45) is 4.41. The van der Waals surface area contributed by atoms with Crippen LogP contribution in [0.4, 0.5) is 11.8 Å². The second-order valence-electron chi connectivity index (χ2n) is 2.74. The lowest BCUT2D eigenvalue weighted by Gasteiger charge is -1.87. The van der Waals surface area contributed by atoms with E-state index in [1.54, 1.807) is 18.5 Å². The third-order valence-corrected chi connectivity index (χ3v) is 1.65. The molecule has 0 N–H and O–H groups in total. The van der Waals surface area contributed by atoms with Gasteiger partial charge in [0.05, 0.1) is 12.3 Å². The number of hydrogen-bond acceptors (Lipinski definition) is 6. The summed E-state index contributed by atoms with van der Waals surface area (Å²) in [7, 11) is 0. The Bertz CT molecular complexity index is 521. The molecular weight excluding hydrogens is 212 g/mol. The van der Waals surface area contributed by atoms with Crippen molar-refractivity contribution in [3.63, 3.8) is 0 Å². The van der Waals surface area contributed by atoms with Crippen LogP contribution in [0.2, 0.25) is 0 Å². The van der Waals surface area contributed by atoms with Crippen LogP contribution in [0.3, 0.4) is 0 Å². The molecule has 2 aromatic rings. The molecule has 16 heavy (non-hydrogen) atoms. The molecule has 7 heteroatoms. The number of nitrogens with zero attached hydrogens (tertiary/aromatic N) is 4. The Kier molecular flexibility index (Phi) is 2.68. The predicted molar refractivity (Wildman–Crippen MR) is 54.6 cm³/mol. The second kappa shape index (κ2) is 4.30. The minimum absolute atomic E-state index is 0.265. The predicted octanol–water partition coefficient (Wildman–Crippen LogP) is 1.73. The maximum absolute atomic E-state index is 10.3. The molecule has 0 aliphatic carbocycles. The van der Waals surface area contributed by atoms with Crippen molar-refractivity contribution in [2.75, 3.05) is 0 Å². The Morgan fingerprint density at radius 2 is 2.12 bits per heavy atom. The van der Waals surface area contributed by atoms with Crippen LogP contribution >= 0.6 is 0 Å². The number of furan rings is 1. The Hall–Kier alpha value is -2.57. The van der Waals surface area contributed by atoms with Crippen LogP contribution in [0.1, 0.15) is 5.76 Å². The highest BCUT2D eigenvalue weighted by molar-refractivity contribution is 5.78. The third-order valence-electron chi connectivity index (χ3n) is 1.65. The molecule has 0 fully saturated rings. The molecule has 0 saturated carbocycles. The van der Waals surface area contributed by atoms with Gasteiger partial charge >= 0.3 is 5.88 Å². The van der Waals surface area contributed by atoms with Crippen LogP contribution in [0, 0.1) is 10.1 Å². The van der Waals surface area contributed by atoms with Crippen LogP contribution in [-0.2, 0) is 0 Å². The zero-order valence-corrected chi connectivity index (χ0v) is 7.98. The first kappa shape index (κ1) is 9.97. The average molecular weight is 218 g/mol. The van der Waals surface area contributed by atoms with Crippen LogP contribution in [0.5, 0.6) is 0 Å². The summed E-state index contributed by atoms with van der Waals surface area (Å²) in [6.45, 7) is 0. The van der Waals surface area contributed by atoms with Gasteiger partial charge in [-0.3, -0.25) is 10.1 Å². The Labute approximate surface area is 89.6 Å². The van der Waals surface area contributed by atoms with E-state index < -0.39 is 4.92 Å². The van der Waals surface area contributed by atoms with E-state index in [0.717, 1.165) is 0 Å². The number of aromatic nitrogens is 2. The minimum atomic E-state index is -0.615. The number of hydrogen-bond donors (Lipinski definition) is 0. The lowest BCUT2D eigenvalue weighted by atomic mass is 10.5. The summed E-state index contributed by atoms with van der Waals surface area (Å²) in [5.41, 5.74) is 0. The van der Waals surface area contributed by atoms with Crippen molar-refractivity contribution in [2.24, 2.45) is 4.99 Å². The fraction of sp³-hybridized carbons (Fsp3) is 0. The molecule has 0 saturated heterocycles. The topological polar surface area (TPSA) is 94.4 Å². The Balaban J connectivity index is 2.15. The van der Waals surface area contributed by atoms with Crippen molar-refractivity contribution >= 4 is 18.0 Å². The number of aliphatic imine (C=N–C) groups is 1. The molecule has 0 aliphatic heterocycles. The van der Waals surface area contributed by atoms with Crippen LogP contribution in [0.15, 0.2) is 40.0 Å². The van der Waals surface area contributed by atoms with Crippen molar-refractivity contribution in [1.29, 1.82) is 0 Å². The lowest BCUT2D eigenvalue weighted by Crippen LogP contribution is -1.83. The van der Waals surface area contributed by atoms with Gasteiger partial charge in [-0.15, -0.1) is 0 Å². The molecule has 0 atom stereocenters. The zero-order valence-electron chi connectivity index (χ0n) is 7.98. The van der Waals surface area contributed by atoms with E-state index in [1.807, 2.05) is 0 Å². The van der Waals surface area contributed by atoms with Gasteiger partial charge in [-0.2, -0.15) is 0 Å². The fourth-order valence-corrected chi connectivity index (χ4v) is 0.989. The third kappa shape index (κ3) is 2.27. The van der Waals surface area contributed by atoms with E-state index in [-0.39, 0.29) is 17.6 Å². The zero-order chi connectivity index (χ0) is 11.4. The molecule has 2 aromatic heterocycles. The SMILES string of the molecule is O=[N+]([O-])c1ccc(/C=N/c2ncccn2)o1. The van der Waals surface area contributed by atoms with E-state index in [9.17, 15) is 10.1 Å². The van der Waals surface area contributed by atoms with Crippen molar-refractivity contribution in [1.82, 2.24) is 9.97 Å². The van der Waals surface area contributed by atoms with Crippen LogP contribution in [0.25, 0.3) is 0 Å². The fourth-order valence-electron chi connectivity index (χ4n) is 0.989. The molecule has 0 bridgehead atoms. The van der Waals surface area contributed by atoms with Gasteiger partial charge in [0.15, 0.2) is 5.76 Å². The molecule has 0 aliphatic rings. The highest BCUT2D eigenvalue weighted by Crippen LogP contribution is 2.14. The van der Waals surface area contributed by atoms with Gasteiger partial charge in [0.25, 0.3) is 0 Å². The molecule has 2 heterocycles. The monoisotopic (exact) mass is 218 g/mol. The molecule has 7 nitrogen and oxygen atoms in total. The summed E-state index contributed by atoms with van der Waals surface area (Å²) >= 11 is 0. The van der Waals surface area contributed by atoms with E-state index in [1.165, 1.54) is 18.3 Å². The van der Waals surface area contributed by atoms with E-state index >= 15 is 0 Å². The smallest absolute Gasteiger partial charge is 0.400 e.